The fourth-order valence-electron chi connectivity index (χ4n) is 4.30. The summed E-state index contributed by atoms with van der Waals surface area (Å²) in [7, 11) is 1.95. The van der Waals surface area contributed by atoms with Gasteiger partial charge in [0, 0.05) is 13.0 Å². The number of carbonyl (C=O) groups excluding carboxylic acids is 2. The van der Waals surface area contributed by atoms with Gasteiger partial charge in [-0.25, -0.2) is 0 Å². The molecule has 5 nitrogen and oxygen atoms in total. The number of benzene rings is 1. The van der Waals surface area contributed by atoms with Crippen LogP contribution in [-0.4, -0.2) is 48.4 Å². The van der Waals surface area contributed by atoms with Crippen LogP contribution in [-0.2, 0) is 9.59 Å². The fourth-order valence-corrected chi connectivity index (χ4v) is 4.30. The quantitative estimate of drug-likeness (QED) is 0.849. The first-order valence-electron chi connectivity index (χ1n) is 9.77. The lowest BCUT2D eigenvalue weighted by Gasteiger charge is -2.30. The number of rotatable bonds is 6. The molecule has 1 aromatic carbocycles. The third-order valence-corrected chi connectivity index (χ3v) is 5.72. The van der Waals surface area contributed by atoms with Gasteiger partial charge in [0.2, 0.25) is 5.91 Å². The SMILES string of the molecule is CC(=O)[C@@H](NC(=O)[C@@H]1C[C@H](Oc2ccccc2)CN1C)C1CCCCC1. The maximum atomic E-state index is 12.9. The Balaban J connectivity index is 1.58. The number of likely N-dealkylation sites (tertiary alicyclic amines) is 1. The van der Waals surface area contributed by atoms with E-state index in [9.17, 15) is 9.59 Å². The summed E-state index contributed by atoms with van der Waals surface area (Å²) in [5.74, 6) is 1.14. The summed E-state index contributed by atoms with van der Waals surface area (Å²) in [6.45, 7) is 2.31. The molecule has 0 bridgehead atoms. The summed E-state index contributed by atoms with van der Waals surface area (Å²) in [5.41, 5.74) is 0. The van der Waals surface area contributed by atoms with E-state index in [-0.39, 0.29) is 35.8 Å². The molecule has 0 aromatic heterocycles. The fraction of sp³-hybridized carbons (Fsp3) is 0.619. The van der Waals surface area contributed by atoms with Crippen molar-refractivity contribution >= 4 is 11.7 Å². The molecule has 3 rings (SSSR count). The molecule has 1 saturated carbocycles. The third kappa shape index (κ3) is 4.64. The molecule has 2 aliphatic rings. The van der Waals surface area contributed by atoms with E-state index in [0.29, 0.717) is 13.0 Å². The average molecular weight is 358 g/mol. The second-order valence-electron chi connectivity index (χ2n) is 7.74. The van der Waals surface area contributed by atoms with E-state index in [0.717, 1.165) is 31.4 Å². The van der Waals surface area contributed by atoms with E-state index < -0.39 is 0 Å². The lowest BCUT2D eigenvalue weighted by Crippen LogP contribution is -2.51. The van der Waals surface area contributed by atoms with Crippen LogP contribution in [0, 0.1) is 5.92 Å². The number of Topliss-reactive ketones (excluding diaryl/α,β-unsaturated/α-hetero) is 1. The summed E-state index contributed by atoms with van der Waals surface area (Å²) in [4.78, 5) is 27.0. The van der Waals surface area contributed by atoms with E-state index in [1.807, 2.05) is 42.3 Å². The van der Waals surface area contributed by atoms with Crippen LogP contribution in [0.1, 0.15) is 45.4 Å². The normalized spacial score (nSPS) is 25.6. The summed E-state index contributed by atoms with van der Waals surface area (Å²) in [5, 5.41) is 3.06. The Bertz CT molecular complexity index is 613. The second kappa shape index (κ2) is 8.67. The number of para-hydroxylation sites is 1. The van der Waals surface area contributed by atoms with Gasteiger partial charge in [0.05, 0.1) is 12.1 Å². The van der Waals surface area contributed by atoms with Crippen LogP contribution in [0.5, 0.6) is 5.75 Å². The van der Waals surface area contributed by atoms with E-state index in [1.165, 1.54) is 6.42 Å². The first-order valence-corrected chi connectivity index (χ1v) is 9.77. The summed E-state index contributed by atoms with van der Waals surface area (Å²) in [6.07, 6.45) is 6.24. The van der Waals surface area contributed by atoms with Crippen LogP contribution in [0.3, 0.4) is 0 Å². The van der Waals surface area contributed by atoms with Crippen molar-refractivity contribution in [3.05, 3.63) is 30.3 Å². The standard InChI is InChI=1S/C21H30N2O3/c1-15(24)20(16-9-5-3-6-10-16)22-21(25)19-13-18(14-23(19)2)26-17-11-7-4-8-12-17/h4,7-8,11-12,16,18-20H,3,5-6,9-10,13-14H2,1-2H3,(H,22,25)/t18-,19-,20+/m0/s1. The van der Waals surface area contributed by atoms with Crippen LogP contribution in [0.25, 0.3) is 0 Å². The molecule has 1 N–H and O–H groups in total. The number of amides is 1. The number of ketones is 1. The Labute approximate surface area is 156 Å². The van der Waals surface area contributed by atoms with Crippen molar-refractivity contribution in [2.24, 2.45) is 5.92 Å². The maximum absolute atomic E-state index is 12.9. The second-order valence-corrected chi connectivity index (χ2v) is 7.74. The Morgan fingerprint density at radius 1 is 1.15 bits per heavy atom. The molecule has 1 aliphatic heterocycles. The number of nitrogens with zero attached hydrogens (tertiary/aromatic N) is 1. The van der Waals surface area contributed by atoms with Gasteiger partial charge in [-0.05, 0) is 44.9 Å². The van der Waals surface area contributed by atoms with Gasteiger partial charge >= 0.3 is 0 Å². The molecule has 0 radical (unpaired) electrons. The van der Waals surface area contributed by atoms with Crippen molar-refractivity contribution < 1.29 is 14.3 Å². The van der Waals surface area contributed by atoms with Gasteiger partial charge in [-0.1, -0.05) is 37.5 Å². The Morgan fingerprint density at radius 3 is 2.50 bits per heavy atom. The molecule has 1 aliphatic carbocycles. The topological polar surface area (TPSA) is 58.6 Å². The van der Waals surface area contributed by atoms with Crippen molar-refractivity contribution in [3.63, 3.8) is 0 Å². The zero-order valence-electron chi connectivity index (χ0n) is 15.8. The lowest BCUT2D eigenvalue weighted by molar-refractivity contribution is -0.131. The smallest absolute Gasteiger partial charge is 0.238 e. The predicted molar refractivity (Wildman–Crippen MR) is 101 cm³/mol. The van der Waals surface area contributed by atoms with Crippen LogP contribution >= 0.6 is 0 Å². The molecule has 5 heteroatoms. The largest absolute Gasteiger partial charge is 0.489 e. The highest BCUT2D eigenvalue weighted by Gasteiger charge is 2.38. The van der Waals surface area contributed by atoms with Gasteiger partial charge in [0.15, 0.2) is 5.78 Å². The molecule has 1 aromatic rings. The molecular formula is C21H30N2O3. The van der Waals surface area contributed by atoms with E-state index in [2.05, 4.69) is 5.32 Å². The van der Waals surface area contributed by atoms with Crippen molar-refractivity contribution in [2.45, 2.75) is 63.6 Å². The van der Waals surface area contributed by atoms with Gasteiger partial charge in [-0.2, -0.15) is 0 Å². The van der Waals surface area contributed by atoms with Gasteiger partial charge in [-0.3, -0.25) is 14.5 Å². The highest BCUT2D eigenvalue weighted by Crippen LogP contribution is 2.28. The van der Waals surface area contributed by atoms with Crippen molar-refractivity contribution in [2.75, 3.05) is 13.6 Å². The molecule has 3 atom stereocenters. The minimum Gasteiger partial charge on any atom is -0.489 e. The number of carbonyl (C=O) groups is 2. The number of likely N-dealkylation sites (N-methyl/N-ethyl adjacent to an activating group) is 1. The van der Waals surface area contributed by atoms with E-state index in [1.54, 1.807) is 6.92 Å². The van der Waals surface area contributed by atoms with E-state index in [4.69, 9.17) is 4.74 Å². The van der Waals surface area contributed by atoms with Crippen LogP contribution in [0.2, 0.25) is 0 Å². The van der Waals surface area contributed by atoms with Crippen molar-refractivity contribution in [1.29, 1.82) is 0 Å². The van der Waals surface area contributed by atoms with Gasteiger partial charge < -0.3 is 10.1 Å². The number of ether oxygens (including phenoxy) is 1. The highest BCUT2D eigenvalue weighted by atomic mass is 16.5. The van der Waals surface area contributed by atoms with E-state index >= 15 is 0 Å². The highest BCUT2D eigenvalue weighted by molar-refractivity contribution is 5.90. The zero-order chi connectivity index (χ0) is 18.5. The Morgan fingerprint density at radius 2 is 1.85 bits per heavy atom. The first-order chi connectivity index (χ1) is 12.5. The third-order valence-electron chi connectivity index (χ3n) is 5.72. The molecule has 1 saturated heterocycles. The molecule has 1 heterocycles. The predicted octanol–water partition coefficient (Wildman–Crippen LogP) is 2.79. The summed E-state index contributed by atoms with van der Waals surface area (Å²) >= 11 is 0. The zero-order valence-corrected chi connectivity index (χ0v) is 15.8. The molecule has 0 unspecified atom stereocenters. The van der Waals surface area contributed by atoms with Gasteiger partial charge in [0.1, 0.15) is 11.9 Å². The van der Waals surface area contributed by atoms with Crippen molar-refractivity contribution in [3.8, 4) is 5.75 Å². The minimum absolute atomic E-state index is 0.0105. The van der Waals surface area contributed by atoms with Crippen LogP contribution in [0.15, 0.2) is 30.3 Å². The monoisotopic (exact) mass is 358 g/mol. The number of hydrogen-bond donors (Lipinski definition) is 1. The summed E-state index contributed by atoms with van der Waals surface area (Å²) < 4.78 is 6.01. The maximum Gasteiger partial charge on any atom is 0.238 e. The molecule has 2 fully saturated rings. The Kier molecular flexibility index (Phi) is 6.30. The van der Waals surface area contributed by atoms with Gasteiger partial charge in [0.25, 0.3) is 0 Å². The molecule has 0 spiro atoms. The molecule has 1 amide bonds. The molecule has 26 heavy (non-hydrogen) atoms. The first kappa shape index (κ1) is 18.9. The lowest BCUT2D eigenvalue weighted by atomic mass is 9.82. The molecular weight excluding hydrogens is 328 g/mol. The number of hydrogen-bond acceptors (Lipinski definition) is 4. The van der Waals surface area contributed by atoms with Crippen LogP contribution < -0.4 is 10.1 Å². The molecule has 142 valence electrons. The van der Waals surface area contributed by atoms with Gasteiger partial charge in [-0.15, -0.1) is 0 Å². The summed E-state index contributed by atoms with van der Waals surface area (Å²) in [6, 6.07) is 9.13. The van der Waals surface area contributed by atoms with Crippen LogP contribution in [0.4, 0.5) is 0 Å². The van der Waals surface area contributed by atoms with Crippen molar-refractivity contribution in [1.82, 2.24) is 10.2 Å². The Hall–Kier alpha value is -1.88. The number of nitrogens with one attached hydrogen (secondary N) is 1. The average Bonchev–Trinajstić information content (AvgIpc) is 3.01. The minimum atomic E-state index is -0.342.